The van der Waals surface area contributed by atoms with Crippen LogP contribution in [0.2, 0.25) is 0 Å². The fourth-order valence-electron chi connectivity index (χ4n) is 13.8. The second-order valence-corrected chi connectivity index (χ2v) is 26.3. The molecular formula is C78H100Br2N8O4+2. The number of carbonyl (C=O) groups excluding carboxylic acids is 4. The van der Waals surface area contributed by atoms with Gasteiger partial charge in [-0.05, 0) is 215 Å². The molecule has 0 unspecified atom stereocenters. The van der Waals surface area contributed by atoms with E-state index in [1.807, 2.05) is 0 Å². The van der Waals surface area contributed by atoms with Crippen LogP contribution in [-0.2, 0) is 25.7 Å². The van der Waals surface area contributed by atoms with Crippen molar-refractivity contribution in [1.29, 1.82) is 0 Å². The quantitative estimate of drug-likeness (QED) is 0.0106. The van der Waals surface area contributed by atoms with Crippen molar-refractivity contribution in [3.63, 3.8) is 0 Å². The third-order valence-electron chi connectivity index (χ3n) is 18.2. The molecule has 0 bridgehead atoms. The second-order valence-electron chi connectivity index (χ2n) is 24.7. The lowest BCUT2D eigenvalue weighted by molar-refractivity contribution is 0.235. The van der Waals surface area contributed by atoms with E-state index in [0.717, 1.165) is 73.7 Å². The normalized spacial score (nSPS) is 11.5. The van der Waals surface area contributed by atoms with Crippen LogP contribution in [0.3, 0.4) is 0 Å². The third-order valence-corrected chi connectivity index (χ3v) is 19.8. The van der Waals surface area contributed by atoms with Crippen molar-refractivity contribution >= 4 is 122 Å². The number of unbranched alkanes of at least 4 members (excludes halogenated alkanes) is 12. The number of nitrogens with one attached hydrogen (secondary N) is 2. The summed E-state index contributed by atoms with van der Waals surface area (Å²) in [6, 6.07) is 57.6. The Balaban J connectivity index is 0.000000770. The standard InChI is InChI=1S/C74H90Br2N2.2C2H5N3O2/c1-5-9-13-23-53-77(54-24-14-10-6-2,60-34-19-17-20-35-60)62-48-43-57(44-49-62)31-27-38-64-65-39-30-42-68-71(65)73(67-41-29-33-59-47-52-69(75)72(68)70(59)67)74(76)66(64)40-28-32-58-45-50-63(51-46-58)78(55-25-15-11-7-3,56-26-16-12-8-4)61-36-21-18-22-37-61;2*3-1(6)5-2(4)7/h17-22,29-30,33-37,39,41-52H,5-16,23-28,31-32,38,40,53-56H2,1-4H3;2*(H5,3,4,5,6,7)/q+2;;. The van der Waals surface area contributed by atoms with Crippen LogP contribution in [0, 0.1) is 0 Å². The van der Waals surface area contributed by atoms with Gasteiger partial charge in [-0.2, -0.15) is 0 Å². The van der Waals surface area contributed by atoms with E-state index >= 15 is 0 Å². The highest BCUT2D eigenvalue weighted by atomic mass is 79.9. The lowest BCUT2D eigenvalue weighted by atomic mass is 9.84. The van der Waals surface area contributed by atoms with Crippen LogP contribution in [0.1, 0.15) is 166 Å². The summed E-state index contributed by atoms with van der Waals surface area (Å²) in [6.07, 6.45) is 26.8. The summed E-state index contributed by atoms with van der Waals surface area (Å²) in [5.74, 6) is 0. The molecule has 92 heavy (non-hydrogen) atoms. The average molecular weight is 1370 g/mol. The summed E-state index contributed by atoms with van der Waals surface area (Å²) in [6.45, 7) is 13.9. The zero-order valence-electron chi connectivity index (χ0n) is 55.0. The van der Waals surface area contributed by atoms with Gasteiger partial charge in [0.25, 0.3) is 0 Å². The number of urea groups is 4. The fraction of sp³-hybridized carbons (Fsp3) is 0.385. The van der Waals surface area contributed by atoms with Gasteiger partial charge < -0.3 is 22.9 Å². The summed E-state index contributed by atoms with van der Waals surface area (Å²) in [5.41, 5.74) is 29.4. The van der Waals surface area contributed by atoms with Gasteiger partial charge in [0.2, 0.25) is 0 Å². The number of nitrogens with two attached hydrogens (primary N) is 4. The molecule has 14 heteroatoms. The van der Waals surface area contributed by atoms with Gasteiger partial charge in [-0.25, -0.2) is 19.2 Å². The Bertz CT molecular complexity index is 3690. The number of aryl methyl sites for hydroxylation is 3. The Morgan fingerprint density at radius 1 is 0.337 bits per heavy atom. The van der Waals surface area contributed by atoms with Crippen LogP contribution in [0.4, 0.5) is 41.9 Å². The van der Waals surface area contributed by atoms with Gasteiger partial charge in [0.05, 0.1) is 26.2 Å². The summed E-state index contributed by atoms with van der Waals surface area (Å²) in [5, 5.41) is 14.0. The Hall–Kier alpha value is -7.36. The number of primary amides is 4. The SMILES string of the molecule is CCCCCC[N+](CCCCCC)(c1ccccc1)c1ccc(CCCc2c(CCCc3ccc([N+](CCCCCC)(CCCCCC)c4ccccc4)cc3)c3cccc4c5c(Br)ccc6cccc(c(c2Br)c34)c65)cc1.NC(=O)NC(N)=O.NC(=O)NC(N)=O. The van der Waals surface area contributed by atoms with Crippen molar-refractivity contribution in [2.45, 2.75) is 169 Å². The van der Waals surface area contributed by atoms with Crippen molar-refractivity contribution < 1.29 is 19.2 Å². The van der Waals surface area contributed by atoms with Crippen molar-refractivity contribution in [2.24, 2.45) is 22.9 Å². The van der Waals surface area contributed by atoms with Crippen LogP contribution in [0.25, 0.3) is 43.1 Å². The first-order chi connectivity index (χ1) is 44.6. The lowest BCUT2D eigenvalue weighted by Crippen LogP contribution is -2.46. The predicted molar refractivity (Wildman–Crippen MR) is 396 cm³/mol. The predicted octanol–water partition coefficient (Wildman–Crippen LogP) is 20.7. The van der Waals surface area contributed by atoms with Gasteiger partial charge in [0.1, 0.15) is 22.7 Å². The highest BCUT2D eigenvalue weighted by Gasteiger charge is 2.34. The molecule has 0 aliphatic heterocycles. The van der Waals surface area contributed by atoms with Crippen LogP contribution in [-0.4, -0.2) is 50.3 Å². The zero-order chi connectivity index (χ0) is 65.9. The minimum atomic E-state index is -0.938. The largest absolute Gasteiger partial charge is 0.351 e. The van der Waals surface area contributed by atoms with Crippen molar-refractivity contribution in [2.75, 3.05) is 26.2 Å². The van der Waals surface area contributed by atoms with Crippen molar-refractivity contribution in [3.8, 4) is 0 Å². The number of nitrogens with zero attached hydrogens (tertiary/aromatic N) is 2. The number of quaternary nitrogens is 2. The van der Waals surface area contributed by atoms with Gasteiger partial charge in [-0.15, -0.1) is 0 Å². The molecule has 0 saturated heterocycles. The summed E-state index contributed by atoms with van der Waals surface area (Å²) < 4.78 is 4.37. The summed E-state index contributed by atoms with van der Waals surface area (Å²) in [4.78, 5) is 38.5. The molecule has 0 spiro atoms. The molecule has 12 nitrogen and oxygen atoms in total. The first kappa shape index (κ1) is 72.1. The maximum Gasteiger partial charge on any atom is 0.320 e. The minimum Gasteiger partial charge on any atom is -0.351 e. The second kappa shape index (κ2) is 36.8. The summed E-state index contributed by atoms with van der Waals surface area (Å²) >= 11 is 8.49. The van der Waals surface area contributed by atoms with Crippen LogP contribution in [0.5, 0.6) is 0 Å². The van der Waals surface area contributed by atoms with E-state index in [0.29, 0.717) is 0 Å². The molecule has 10 N–H and O–H groups in total. The number of hydrogen-bond acceptors (Lipinski definition) is 4. The van der Waals surface area contributed by atoms with E-state index in [1.54, 1.807) is 10.6 Å². The molecule has 0 atom stereocenters. The molecule has 8 amide bonds. The number of fused-ring (bicyclic) bond motifs is 2. The van der Waals surface area contributed by atoms with Gasteiger partial charge in [0, 0.05) is 19.7 Å². The third kappa shape index (κ3) is 19.1. The van der Waals surface area contributed by atoms with Gasteiger partial charge >= 0.3 is 24.1 Å². The molecule has 9 rings (SSSR count). The van der Waals surface area contributed by atoms with Gasteiger partial charge in [-0.3, -0.25) is 19.6 Å². The molecule has 0 aromatic heterocycles. The zero-order valence-corrected chi connectivity index (χ0v) is 58.2. The molecule has 0 fully saturated rings. The molecule has 0 aliphatic carbocycles. The maximum absolute atomic E-state index is 9.62. The number of rotatable bonds is 32. The summed E-state index contributed by atoms with van der Waals surface area (Å²) in [7, 11) is 0. The van der Waals surface area contributed by atoms with Crippen LogP contribution < -0.4 is 42.5 Å². The van der Waals surface area contributed by atoms with E-state index in [2.05, 4.69) is 240 Å². The fourth-order valence-corrected chi connectivity index (χ4v) is 15.1. The van der Waals surface area contributed by atoms with E-state index in [1.165, 1.54) is 200 Å². The van der Waals surface area contributed by atoms with E-state index in [9.17, 15) is 19.2 Å². The van der Waals surface area contributed by atoms with Crippen molar-refractivity contribution in [1.82, 2.24) is 19.6 Å². The number of benzene rings is 9. The molecule has 0 radical (unpaired) electrons. The molecule has 488 valence electrons. The van der Waals surface area contributed by atoms with E-state index < -0.39 is 24.1 Å². The molecule has 9 aromatic rings. The Labute approximate surface area is 564 Å². The average Bonchev–Trinajstić information content (AvgIpc) is 0.707. The molecule has 0 heterocycles. The first-order valence-corrected chi connectivity index (χ1v) is 35.4. The minimum absolute atomic E-state index is 0.937. The number of para-hydroxylation sites is 2. The van der Waals surface area contributed by atoms with E-state index in [-0.39, 0.29) is 0 Å². The maximum atomic E-state index is 9.62. The molecule has 0 aliphatic rings. The number of carbonyl (C=O) groups is 4. The Morgan fingerprint density at radius 3 is 1.10 bits per heavy atom. The number of imide groups is 2. The van der Waals surface area contributed by atoms with Crippen molar-refractivity contribution in [3.05, 3.63) is 189 Å². The van der Waals surface area contributed by atoms with Gasteiger partial charge in [0.15, 0.2) is 0 Å². The molecule has 0 saturated carbocycles. The number of halogens is 2. The van der Waals surface area contributed by atoms with Crippen LogP contribution in [0.15, 0.2) is 167 Å². The Morgan fingerprint density at radius 2 is 0.707 bits per heavy atom. The van der Waals surface area contributed by atoms with E-state index in [4.69, 9.17) is 0 Å². The monoisotopic (exact) mass is 1370 g/mol. The number of hydrogen-bond donors (Lipinski definition) is 6. The molecular weight excluding hydrogens is 1270 g/mol. The Kier molecular flexibility index (Phi) is 28.8. The topological polar surface area (TPSA) is 196 Å². The lowest BCUT2D eigenvalue weighted by Gasteiger charge is -2.38. The number of amides is 8. The highest BCUT2D eigenvalue weighted by molar-refractivity contribution is 9.11. The smallest absolute Gasteiger partial charge is 0.320 e. The van der Waals surface area contributed by atoms with Crippen LogP contribution >= 0.6 is 31.9 Å². The molecule has 9 aromatic carbocycles. The van der Waals surface area contributed by atoms with Gasteiger partial charge in [-0.1, -0.05) is 198 Å². The first-order valence-electron chi connectivity index (χ1n) is 33.9. The highest BCUT2D eigenvalue weighted by Crippen LogP contribution is 2.49.